The van der Waals surface area contributed by atoms with E-state index in [4.69, 9.17) is 4.42 Å². The van der Waals surface area contributed by atoms with Crippen LogP contribution in [0.3, 0.4) is 0 Å². The molecule has 1 heterocycles. The van der Waals surface area contributed by atoms with E-state index in [1.165, 1.54) is 27.3 Å². The minimum atomic E-state index is 0.0607. The number of hydrogen-bond acceptors (Lipinski definition) is 0. The lowest BCUT2D eigenvalue weighted by atomic mass is 9.83. The Labute approximate surface area is 143 Å². The summed E-state index contributed by atoms with van der Waals surface area (Å²) in [6.45, 7) is 6.81. The second-order valence-electron chi connectivity index (χ2n) is 7.61. The number of fused-ring (bicyclic) bond motifs is 2. The van der Waals surface area contributed by atoms with Gasteiger partial charge >= 0.3 is 11.3 Å². The maximum atomic E-state index is 6.33. The summed E-state index contributed by atoms with van der Waals surface area (Å²) < 4.78 is 6.33. The Hall–Kier alpha value is -2.41. The largest absolute Gasteiger partial charge is 0.361 e. The molecule has 0 bridgehead atoms. The number of hydrogen-bond donors (Lipinski definition) is 0. The summed E-state index contributed by atoms with van der Waals surface area (Å²) >= 11 is 0. The van der Waals surface area contributed by atoms with Crippen molar-refractivity contribution in [2.45, 2.75) is 39.0 Å². The van der Waals surface area contributed by atoms with E-state index < -0.39 is 0 Å². The molecule has 0 unspecified atom stereocenters. The molecule has 0 amide bonds. The van der Waals surface area contributed by atoms with Crippen molar-refractivity contribution in [3.8, 4) is 0 Å². The Kier molecular flexibility index (Phi) is 3.53. The summed E-state index contributed by atoms with van der Waals surface area (Å²) in [5, 5.41) is 3.69. The van der Waals surface area contributed by atoms with E-state index in [9.17, 15) is 0 Å². The standard InChI is InChI=1S/C23H23O/c1-23(2,3)20-15-21(16-9-5-4-6-10-16)24-22-14-18-12-8-7-11-17(18)13-19(20)22/h5,7-15H,4,6H2,1-3H3/q+1. The van der Waals surface area contributed by atoms with Crippen LogP contribution in [0.15, 0.2) is 65.1 Å². The van der Waals surface area contributed by atoms with Crippen LogP contribution in [-0.2, 0) is 5.41 Å². The molecule has 1 aliphatic carbocycles. The number of rotatable bonds is 1. The molecule has 0 spiro atoms. The average Bonchev–Trinajstić information content (AvgIpc) is 2.59. The quantitative estimate of drug-likeness (QED) is 0.351. The van der Waals surface area contributed by atoms with Crippen LogP contribution in [0.1, 0.15) is 44.9 Å². The van der Waals surface area contributed by atoms with Crippen LogP contribution in [0.4, 0.5) is 0 Å². The summed E-state index contributed by atoms with van der Waals surface area (Å²) in [6, 6.07) is 15.2. The average molecular weight is 315 g/mol. The fraction of sp³-hybridized carbons (Fsp3) is 0.261. The third-order valence-corrected chi connectivity index (χ3v) is 4.72. The topological polar surface area (TPSA) is 11.3 Å². The molecule has 1 nitrogen and oxygen atoms in total. The highest BCUT2D eigenvalue weighted by molar-refractivity contribution is 5.98. The first-order valence-corrected chi connectivity index (χ1v) is 8.69. The summed E-state index contributed by atoms with van der Waals surface area (Å²) in [6.07, 6.45) is 8.89. The van der Waals surface area contributed by atoms with Crippen LogP contribution >= 0.6 is 0 Å². The lowest BCUT2D eigenvalue weighted by molar-refractivity contribution is 0.559. The summed E-state index contributed by atoms with van der Waals surface area (Å²) in [5.74, 6) is 0.971. The molecule has 1 aliphatic rings. The smallest absolute Gasteiger partial charge is 0.207 e. The number of allylic oxidation sites excluding steroid dienone is 4. The Morgan fingerprint density at radius 1 is 0.917 bits per heavy atom. The minimum absolute atomic E-state index is 0.0607. The van der Waals surface area contributed by atoms with Crippen molar-refractivity contribution in [1.29, 1.82) is 0 Å². The lowest BCUT2D eigenvalue weighted by Crippen LogP contribution is -2.12. The van der Waals surface area contributed by atoms with Gasteiger partial charge in [-0.15, -0.1) is 0 Å². The normalized spacial score (nSPS) is 15.0. The van der Waals surface area contributed by atoms with E-state index in [1.54, 1.807) is 0 Å². The molecule has 0 saturated heterocycles. The van der Waals surface area contributed by atoms with Crippen molar-refractivity contribution >= 4 is 27.3 Å². The van der Waals surface area contributed by atoms with E-state index in [2.05, 4.69) is 81.5 Å². The summed E-state index contributed by atoms with van der Waals surface area (Å²) in [4.78, 5) is 0. The second-order valence-corrected chi connectivity index (χ2v) is 7.61. The van der Waals surface area contributed by atoms with Gasteiger partial charge in [0.25, 0.3) is 0 Å². The van der Waals surface area contributed by atoms with Gasteiger partial charge in [-0.05, 0) is 46.7 Å². The molecule has 120 valence electrons. The van der Waals surface area contributed by atoms with Crippen molar-refractivity contribution in [2.24, 2.45) is 0 Å². The molecule has 0 N–H and O–H groups in total. The van der Waals surface area contributed by atoms with Gasteiger partial charge in [0.15, 0.2) is 0 Å². The fourth-order valence-electron chi connectivity index (χ4n) is 3.43. The monoisotopic (exact) mass is 315 g/mol. The molecule has 0 fully saturated rings. The van der Waals surface area contributed by atoms with Gasteiger partial charge in [-0.3, -0.25) is 0 Å². The Morgan fingerprint density at radius 2 is 1.67 bits per heavy atom. The lowest BCUT2D eigenvalue weighted by Gasteiger charge is -2.19. The van der Waals surface area contributed by atoms with Gasteiger partial charge < -0.3 is 0 Å². The van der Waals surface area contributed by atoms with Crippen LogP contribution in [0.25, 0.3) is 27.3 Å². The minimum Gasteiger partial charge on any atom is -0.207 e. The zero-order valence-corrected chi connectivity index (χ0v) is 14.6. The van der Waals surface area contributed by atoms with E-state index in [-0.39, 0.29) is 5.41 Å². The molecule has 1 heteroatoms. The first-order chi connectivity index (χ1) is 11.5. The van der Waals surface area contributed by atoms with Gasteiger partial charge in [0, 0.05) is 6.07 Å². The van der Waals surface area contributed by atoms with Crippen molar-refractivity contribution in [3.05, 3.63) is 72.0 Å². The molecule has 0 aliphatic heterocycles. The van der Waals surface area contributed by atoms with Crippen LogP contribution < -0.4 is 0 Å². The van der Waals surface area contributed by atoms with Gasteiger partial charge in [-0.25, -0.2) is 4.42 Å². The Bertz CT molecular complexity index is 984. The van der Waals surface area contributed by atoms with Crippen molar-refractivity contribution in [1.82, 2.24) is 0 Å². The third-order valence-electron chi connectivity index (χ3n) is 4.72. The predicted octanol–water partition coefficient (Wildman–Crippen LogP) is 6.90. The maximum Gasteiger partial charge on any atom is 0.361 e. The van der Waals surface area contributed by atoms with Gasteiger partial charge in [-0.1, -0.05) is 57.2 Å². The van der Waals surface area contributed by atoms with Crippen LogP contribution in [0.5, 0.6) is 0 Å². The van der Waals surface area contributed by atoms with E-state index in [0.29, 0.717) is 0 Å². The molecule has 0 saturated carbocycles. The summed E-state index contributed by atoms with van der Waals surface area (Å²) in [5.41, 5.74) is 3.56. The molecular formula is C23H23O+. The van der Waals surface area contributed by atoms with E-state index in [0.717, 1.165) is 24.2 Å². The molecule has 1 aromatic heterocycles. The van der Waals surface area contributed by atoms with Gasteiger partial charge in [0.05, 0.1) is 17.0 Å². The van der Waals surface area contributed by atoms with Gasteiger partial charge in [0.1, 0.15) is 0 Å². The highest BCUT2D eigenvalue weighted by atomic mass is 16.3. The zero-order valence-electron chi connectivity index (χ0n) is 14.6. The molecule has 4 rings (SSSR count). The maximum absolute atomic E-state index is 6.33. The SMILES string of the molecule is CC(C)(C)c1cc(C2=CCCC=C2)[o+]c2cc3ccccc3cc12. The van der Waals surface area contributed by atoms with Crippen LogP contribution in [0.2, 0.25) is 0 Å². The Morgan fingerprint density at radius 3 is 2.33 bits per heavy atom. The Balaban J connectivity index is 2.05. The third kappa shape index (κ3) is 2.65. The van der Waals surface area contributed by atoms with E-state index in [1.807, 2.05) is 0 Å². The molecule has 2 aromatic carbocycles. The van der Waals surface area contributed by atoms with Crippen LogP contribution in [0, 0.1) is 0 Å². The van der Waals surface area contributed by atoms with E-state index >= 15 is 0 Å². The van der Waals surface area contributed by atoms with Crippen molar-refractivity contribution in [2.75, 3.05) is 0 Å². The first kappa shape index (κ1) is 15.1. The van der Waals surface area contributed by atoms with Gasteiger partial charge in [0.2, 0.25) is 0 Å². The highest BCUT2D eigenvalue weighted by Gasteiger charge is 2.26. The van der Waals surface area contributed by atoms with Crippen LogP contribution in [-0.4, -0.2) is 0 Å². The molecule has 0 atom stereocenters. The summed E-state index contributed by atoms with van der Waals surface area (Å²) in [7, 11) is 0. The zero-order chi connectivity index (χ0) is 16.7. The van der Waals surface area contributed by atoms with Gasteiger partial charge in [-0.2, -0.15) is 0 Å². The fourth-order valence-corrected chi connectivity index (χ4v) is 3.43. The molecular weight excluding hydrogens is 292 g/mol. The van der Waals surface area contributed by atoms with Crippen molar-refractivity contribution < 1.29 is 4.42 Å². The highest BCUT2D eigenvalue weighted by Crippen LogP contribution is 2.36. The molecule has 0 radical (unpaired) electrons. The molecule has 3 aromatic rings. The predicted molar refractivity (Wildman–Crippen MR) is 103 cm³/mol. The second kappa shape index (κ2) is 5.59. The number of benzene rings is 2. The van der Waals surface area contributed by atoms with Crippen molar-refractivity contribution in [3.63, 3.8) is 0 Å². The first-order valence-electron chi connectivity index (χ1n) is 8.69. The molecule has 24 heavy (non-hydrogen) atoms.